The van der Waals surface area contributed by atoms with Crippen molar-refractivity contribution in [3.63, 3.8) is 0 Å². The Kier molecular flexibility index (Phi) is 5.14. The zero-order valence-electron chi connectivity index (χ0n) is 24.3. The van der Waals surface area contributed by atoms with Gasteiger partial charge >= 0.3 is 0 Å². The van der Waals surface area contributed by atoms with Crippen molar-refractivity contribution in [2.45, 2.75) is 5.41 Å². The summed E-state index contributed by atoms with van der Waals surface area (Å²) in [6, 6.07) is 57.5. The summed E-state index contributed by atoms with van der Waals surface area (Å²) < 4.78 is 9.43. The van der Waals surface area contributed by atoms with Crippen molar-refractivity contribution in [1.82, 2.24) is 0 Å². The number of benzene rings is 7. The second kappa shape index (κ2) is 9.28. The first-order valence-electron chi connectivity index (χ1n) is 15.4. The molecule has 1 aliphatic heterocycles. The highest BCUT2D eigenvalue weighted by molar-refractivity contribution is 7.26. The summed E-state index contributed by atoms with van der Waals surface area (Å²) in [7, 11) is 0. The van der Waals surface area contributed by atoms with Gasteiger partial charge in [0.15, 0.2) is 0 Å². The number of hydrogen-bond acceptors (Lipinski definition) is 2. The highest BCUT2D eigenvalue weighted by Crippen LogP contribution is 2.62. The Hall–Kier alpha value is -5.44. The third-order valence-corrected chi connectivity index (χ3v) is 11.0. The van der Waals surface area contributed by atoms with Gasteiger partial charge in [-0.25, -0.2) is 0 Å². The lowest BCUT2D eigenvalue weighted by Crippen LogP contribution is -2.32. The van der Waals surface area contributed by atoms with E-state index in [2.05, 4.69) is 158 Å². The monoisotopic (exact) mass is 590 g/mol. The van der Waals surface area contributed by atoms with Gasteiger partial charge in [0.2, 0.25) is 0 Å². The first-order chi connectivity index (χ1) is 22.3. The topological polar surface area (TPSA) is 9.23 Å². The van der Waals surface area contributed by atoms with E-state index in [4.69, 9.17) is 4.74 Å². The van der Waals surface area contributed by atoms with Crippen molar-refractivity contribution >= 4 is 31.5 Å². The zero-order valence-corrected chi connectivity index (χ0v) is 25.1. The number of para-hydroxylation sites is 1. The number of rotatable bonds is 2. The van der Waals surface area contributed by atoms with Crippen LogP contribution in [0.1, 0.15) is 22.3 Å². The molecule has 8 aromatic rings. The predicted molar refractivity (Wildman–Crippen MR) is 188 cm³/mol. The minimum absolute atomic E-state index is 0.436. The molecule has 0 radical (unpaired) electrons. The van der Waals surface area contributed by atoms with Gasteiger partial charge in [-0.2, -0.15) is 0 Å². The molecule has 1 nitrogen and oxygen atoms in total. The van der Waals surface area contributed by atoms with Gasteiger partial charge in [0.25, 0.3) is 0 Å². The van der Waals surface area contributed by atoms with Gasteiger partial charge in [-0.05, 0) is 68.8 Å². The second-order valence-corrected chi connectivity index (χ2v) is 13.1. The molecule has 10 rings (SSSR count). The molecule has 0 N–H and O–H groups in total. The Morgan fingerprint density at radius 3 is 1.84 bits per heavy atom. The summed E-state index contributed by atoms with van der Waals surface area (Å²) in [6.07, 6.45) is 0. The molecule has 2 heteroatoms. The largest absolute Gasteiger partial charge is 0.457 e. The third-order valence-electron chi connectivity index (χ3n) is 9.76. The van der Waals surface area contributed by atoms with E-state index in [0.29, 0.717) is 0 Å². The van der Waals surface area contributed by atoms with Crippen molar-refractivity contribution in [1.29, 1.82) is 0 Å². The Balaban J connectivity index is 1.16. The Morgan fingerprint density at radius 2 is 1.00 bits per heavy atom. The van der Waals surface area contributed by atoms with Gasteiger partial charge in [0.1, 0.15) is 11.5 Å². The summed E-state index contributed by atoms with van der Waals surface area (Å²) in [5.74, 6) is 1.83. The first-order valence-corrected chi connectivity index (χ1v) is 16.2. The Labute approximate surface area is 265 Å². The van der Waals surface area contributed by atoms with Crippen LogP contribution in [-0.2, 0) is 5.41 Å². The molecule has 2 heterocycles. The highest BCUT2D eigenvalue weighted by Gasteiger charge is 2.50. The molecule has 0 atom stereocenters. The van der Waals surface area contributed by atoms with Gasteiger partial charge in [0, 0.05) is 31.3 Å². The Bertz CT molecular complexity index is 2440. The minimum Gasteiger partial charge on any atom is -0.457 e. The third kappa shape index (κ3) is 3.38. The van der Waals surface area contributed by atoms with Gasteiger partial charge < -0.3 is 4.74 Å². The molecule has 2 aliphatic rings. The molecule has 0 fully saturated rings. The Morgan fingerprint density at radius 1 is 0.400 bits per heavy atom. The molecule has 0 unspecified atom stereocenters. The quantitative estimate of drug-likeness (QED) is 0.195. The van der Waals surface area contributed by atoms with Crippen LogP contribution in [0, 0.1) is 0 Å². The number of fused-ring (bicyclic) bond motifs is 12. The van der Waals surface area contributed by atoms with Gasteiger partial charge in [0.05, 0.1) is 5.41 Å². The summed E-state index contributed by atoms with van der Waals surface area (Å²) >= 11 is 1.88. The average molecular weight is 591 g/mol. The fourth-order valence-electron chi connectivity index (χ4n) is 7.88. The standard InChI is InChI=1S/C43H26OS/c1-4-18-35-31(13-1)32-14-2-5-19-36(32)43(35)37-20-6-7-21-39(37)44-40-26-28(23-24-38(40)43)27-11-9-12-29(25-27)30-16-10-17-34-33-15-3-8-22-41(33)45-42(30)34/h1-26H. The first kappa shape index (κ1) is 24.9. The summed E-state index contributed by atoms with van der Waals surface area (Å²) in [5.41, 5.74) is 12.0. The smallest absolute Gasteiger partial charge is 0.132 e. The lowest BCUT2D eigenvalue weighted by molar-refractivity contribution is 0.436. The predicted octanol–water partition coefficient (Wildman–Crippen LogP) is 11.9. The highest BCUT2D eigenvalue weighted by atomic mass is 32.1. The van der Waals surface area contributed by atoms with E-state index in [9.17, 15) is 0 Å². The van der Waals surface area contributed by atoms with Crippen LogP contribution in [0.25, 0.3) is 53.6 Å². The van der Waals surface area contributed by atoms with E-state index in [1.54, 1.807) is 0 Å². The number of ether oxygens (including phenoxy) is 1. The molecule has 210 valence electrons. The molecular formula is C43H26OS. The van der Waals surface area contributed by atoms with Gasteiger partial charge in [-0.3, -0.25) is 0 Å². The average Bonchev–Trinajstić information content (AvgIpc) is 3.63. The van der Waals surface area contributed by atoms with E-state index in [0.717, 1.165) is 17.1 Å². The SMILES string of the molecule is c1cc(-c2ccc3c(c2)Oc2ccccc2C32c3ccccc3-c3ccccc32)cc(-c2cccc3c2sc2ccccc23)c1. The van der Waals surface area contributed by atoms with Crippen molar-refractivity contribution in [2.75, 3.05) is 0 Å². The summed E-state index contributed by atoms with van der Waals surface area (Å²) in [4.78, 5) is 0. The van der Waals surface area contributed by atoms with Crippen molar-refractivity contribution in [3.8, 4) is 44.9 Å². The van der Waals surface area contributed by atoms with Crippen LogP contribution in [0.15, 0.2) is 158 Å². The molecule has 7 aromatic carbocycles. The maximum Gasteiger partial charge on any atom is 0.132 e. The fourth-order valence-corrected chi connectivity index (χ4v) is 9.12. The second-order valence-electron chi connectivity index (χ2n) is 12.0. The van der Waals surface area contributed by atoms with Crippen LogP contribution in [-0.4, -0.2) is 0 Å². The van der Waals surface area contributed by atoms with Crippen LogP contribution in [0.4, 0.5) is 0 Å². The molecule has 0 saturated heterocycles. The molecule has 45 heavy (non-hydrogen) atoms. The maximum absolute atomic E-state index is 6.76. The molecular weight excluding hydrogens is 565 g/mol. The number of thiophene rings is 1. The normalized spacial score (nSPS) is 13.7. The lowest BCUT2D eigenvalue weighted by atomic mass is 9.66. The molecule has 0 amide bonds. The van der Waals surface area contributed by atoms with Crippen LogP contribution >= 0.6 is 11.3 Å². The molecule has 0 saturated carbocycles. The van der Waals surface area contributed by atoms with E-state index in [1.165, 1.54) is 70.2 Å². The summed E-state index contributed by atoms with van der Waals surface area (Å²) in [6.45, 7) is 0. The van der Waals surface area contributed by atoms with Gasteiger partial charge in [-0.1, -0.05) is 133 Å². The van der Waals surface area contributed by atoms with E-state index < -0.39 is 5.41 Å². The maximum atomic E-state index is 6.76. The van der Waals surface area contributed by atoms with Crippen LogP contribution in [0.3, 0.4) is 0 Å². The molecule has 1 aromatic heterocycles. The van der Waals surface area contributed by atoms with Crippen LogP contribution in [0.2, 0.25) is 0 Å². The lowest BCUT2D eigenvalue weighted by Gasteiger charge is -2.39. The fraction of sp³-hybridized carbons (Fsp3) is 0.0233. The van der Waals surface area contributed by atoms with Crippen LogP contribution < -0.4 is 4.74 Å². The van der Waals surface area contributed by atoms with E-state index >= 15 is 0 Å². The summed E-state index contributed by atoms with van der Waals surface area (Å²) in [5, 5.41) is 2.65. The number of hydrogen-bond donors (Lipinski definition) is 0. The van der Waals surface area contributed by atoms with Crippen LogP contribution in [0.5, 0.6) is 11.5 Å². The van der Waals surface area contributed by atoms with Gasteiger partial charge in [-0.15, -0.1) is 11.3 Å². The molecule has 1 spiro atoms. The molecule has 0 bridgehead atoms. The molecule has 1 aliphatic carbocycles. The van der Waals surface area contributed by atoms with Crippen molar-refractivity contribution in [2.24, 2.45) is 0 Å². The minimum atomic E-state index is -0.436. The van der Waals surface area contributed by atoms with Crippen molar-refractivity contribution < 1.29 is 4.74 Å². The zero-order chi connectivity index (χ0) is 29.5. The van der Waals surface area contributed by atoms with Crippen molar-refractivity contribution in [3.05, 3.63) is 180 Å². The van der Waals surface area contributed by atoms with E-state index in [1.807, 2.05) is 11.3 Å². The van der Waals surface area contributed by atoms with E-state index in [-0.39, 0.29) is 0 Å².